The molecule has 3 aromatic rings. The number of fused-ring (bicyclic) bond motifs is 1. The Labute approximate surface area is 185 Å². The Morgan fingerprint density at radius 1 is 1.30 bits per heavy atom. The molecule has 0 radical (unpaired) electrons. The number of benzene rings is 1. The molecule has 1 aliphatic heterocycles. The van der Waals surface area contributed by atoms with Crippen LogP contribution in [-0.2, 0) is 4.74 Å². The molecule has 0 unspecified atom stereocenters. The third kappa shape index (κ3) is 4.51. The van der Waals surface area contributed by atoms with Crippen LogP contribution in [0, 0.1) is 6.92 Å². The number of carbonyl (C=O) groups is 1. The quantitative estimate of drug-likeness (QED) is 0.571. The number of thiazole rings is 1. The molecule has 1 amide bonds. The molecule has 0 bridgehead atoms. The van der Waals surface area contributed by atoms with Crippen molar-refractivity contribution in [3.8, 4) is 0 Å². The number of nitrogens with zero attached hydrogens (tertiary/aromatic N) is 5. The van der Waals surface area contributed by atoms with Crippen LogP contribution in [0.4, 0.5) is 5.13 Å². The lowest BCUT2D eigenvalue weighted by molar-refractivity contribution is 0.0391. The first-order valence-electron chi connectivity index (χ1n) is 10.2. The van der Waals surface area contributed by atoms with Gasteiger partial charge < -0.3 is 4.74 Å². The molecule has 9 heteroatoms. The predicted molar refractivity (Wildman–Crippen MR) is 121 cm³/mol. The highest BCUT2D eigenvalue weighted by Gasteiger charge is 2.26. The first-order valence-corrected chi connectivity index (χ1v) is 11.4. The maximum absolute atomic E-state index is 13.7. The van der Waals surface area contributed by atoms with Crippen LogP contribution in [0.2, 0.25) is 5.02 Å². The number of anilines is 1. The average Bonchev–Trinajstić information content (AvgIpc) is 3.32. The molecule has 0 atom stereocenters. The molecule has 1 saturated heterocycles. The van der Waals surface area contributed by atoms with Gasteiger partial charge in [-0.25, -0.2) is 4.98 Å². The first kappa shape index (κ1) is 21.2. The minimum Gasteiger partial charge on any atom is -0.379 e. The van der Waals surface area contributed by atoms with E-state index in [-0.39, 0.29) is 11.9 Å². The molecule has 0 saturated carbocycles. The number of carbonyl (C=O) groups excluding carboxylic acids is 1. The zero-order valence-electron chi connectivity index (χ0n) is 17.5. The number of amides is 1. The maximum Gasteiger partial charge on any atom is 0.278 e. The van der Waals surface area contributed by atoms with Crippen molar-refractivity contribution in [1.82, 2.24) is 19.7 Å². The fourth-order valence-corrected chi connectivity index (χ4v) is 4.83. The van der Waals surface area contributed by atoms with Gasteiger partial charge in [0.1, 0.15) is 5.69 Å². The van der Waals surface area contributed by atoms with E-state index < -0.39 is 0 Å². The number of aromatic nitrogens is 3. The van der Waals surface area contributed by atoms with Gasteiger partial charge in [0.15, 0.2) is 5.13 Å². The van der Waals surface area contributed by atoms with E-state index in [0.29, 0.717) is 22.4 Å². The third-order valence-electron chi connectivity index (χ3n) is 5.12. The van der Waals surface area contributed by atoms with E-state index in [1.54, 1.807) is 9.58 Å². The number of halogens is 1. The van der Waals surface area contributed by atoms with Crippen molar-refractivity contribution in [3.63, 3.8) is 0 Å². The first-order chi connectivity index (χ1) is 14.4. The summed E-state index contributed by atoms with van der Waals surface area (Å²) in [5.41, 5.74) is 2.26. The van der Waals surface area contributed by atoms with Crippen molar-refractivity contribution in [3.05, 3.63) is 40.7 Å². The Balaban J connectivity index is 1.67. The predicted octanol–water partition coefficient (Wildman–Crippen LogP) is 4.01. The summed E-state index contributed by atoms with van der Waals surface area (Å²) >= 11 is 7.64. The van der Waals surface area contributed by atoms with Gasteiger partial charge in [-0.05, 0) is 45.0 Å². The zero-order chi connectivity index (χ0) is 21.3. The van der Waals surface area contributed by atoms with Gasteiger partial charge in [0.25, 0.3) is 5.91 Å². The number of hydrogen-bond acceptors (Lipinski definition) is 6. The number of morpholine rings is 1. The van der Waals surface area contributed by atoms with Gasteiger partial charge in [0, 0.05) is 37.2 Å². The molecule has 0 aliphatic carbocycles. The molecule has 30 heavy (non-hydrogen) atoms. The Hall–Kier alpha value is -2.00. The lowest BCUT2D eigenvalue weighted by atomic mass is 10.3. The number of aryl methyl sites for hydroxylation is 1. The molecule has 1 aliphatic rings. The summed E-state index contributed by atoms with van der Waals surface area (Å²) in [5, 5.41) is 5.86. The van der Waals surface area contributed by atoms with E-state index in [1.165, 1.54) is 11.3 Å². The molecule has 160 valence electrons. The average molecular weight is 448 g/mol. The highest BCUT2D eigenvalue weighted by atomic mass is 35.5. The SMILES string of the molecule is Cc1cc(C(=O)N(CCN2CCOCC2)c2nc3ccc(Cl)cc3s2)n(C(C)C)n1. The van der Waals surface area contributed by atoms with Crippen LogP contribution in [-0.4, -0.2) is 65.0 Å². The smallest absolute Gasteiger partial charge is 0.278 e. The van der Waals surface area contributed by atoms with E-state index in [2.05, 4.69) is 10.00 Å². The highest BCUT2D eigenvalue weighted by Crippen LogP contribution is 2.32. The Morgan fingerprint density at radius 3 is 2.80 bits per heavy atom. The fraction of sp³-hybridized carbons (Fsp3) is 0.476. The summed E-state index contributed by atoms with van der Waals surface area (Å²) in [6.07, 6.45) is 0. The molecule has 2 aromatic heterocycles. The van der Waals surface area contributed by atoms with Crippen LogP contribution in [0.1, 0.15) is 36.1 Å². The maximum atomic E-state index is 13.7. The number of rotatable bonds is 6. The summed E-state index contributed by atoms with van der Waals surface area (Å²) in [6, 6.07) is 7.56. The molecule has 1 aromatic carbocycles. The van der Waals surface area contributed by atoms with Gasteiger partial charge in [-0.15, -0.1) is 0 Å². The van der Waals surface area contributed by atoms with Gasteiger partial charge in [0.05, 0.1) is 29.1 Å². The molecule has 7 nitrogen and oxygen atoms in total. The lowest BCUT2D eigenvalue weighted by Crippen LogP contribution is -2.43. The normalized spacial score (nSPS) is 15.2. The summed E-state index contributed by atoms with van der Waals surface area (Å²) in [7, 11) is 0. The zero-order valence-corrected chi connectivity index (χ0v) is 19.0. The summed E-state index contributed by atoms with van der Waals surface area (Å²) in [4.78, 5) is 22.5. The minimum atomic E-state index is -0.0808. The Morgan fingerprint density at radius 2 is 2.07 bits per heavy atom. The molecule has 3 heterocycles. The minimum absolute atomic E-state index is 0.0808. The van der Waals surface area contributed by atoms with Gasteiger partial charge in [-0.2, -0.15) is 5.10 Å². The van der Waals surface area contributed by atoms with Crippen molar-refractivity contribution in [2.24, 2.45) is 0 Å². The highest BCUT2D eigenvalue weighted by molar-refractivity contribution is 7.22. The van der Waals surface area contributed by atoms with Gasteiger partial charge in [-0.3, -0.25) is 19.3 Å². The standard InChI is InChI=1S/C21H26ClN5O2S/c1-14(2)27-18(12-15(3)24-27)20(28)26(7-6-25-8-10-29-11-9-25)21-23-17-5-4-16(22)13-19(17)30-21/h4-5,12-14H,6-11H2,1-3H3. The Kier molecular flexibility index (Phi) is 6.38. The van der Waals surface area contributed by atoms with Gasteiger partial charge >= 0.3 is 0 Å². The summed E-state index contributed by atoms with van der Waals surface area (Å²) in [5.74, 6) is -0.0808. The lowest BCUT2D eigenvalue weighted by Gasteiger charge is -2.29. The van der Waals surface area contributed by atoms with Crippen molar-refractivity contribution in [2.45, 2.75) is 26.8 Å². The monoisotopic (exact) mass is 447 g/mol. The van der Waals surface area contributed by atoms with Crippen LogP contribution in [0.3, 0.4) is 0 Å². The molecule has 4 rings (SSSR count). The van der Waals surface area contributed by atoms with Crippen LogP contribution >= 0.6 is 22.9 Å². The second-order valence-electron chi connectivity index (χ2n) is 7.73. The summed E-state index contributed by atoms with van der Waals surface area (Å²) < 4.78 is 8.21. The molecule has 1 fully saturated rings. The van der Waals surface area contributed by atoms with E-state index in [9.17, 15) is 4.79 Å². The number of ether oxygens (including phenoxy) is 1. The molecular weight excluding hydrogens is 422 g/mol. The molecule has 0 spiro atoms. The van der Waals surface area contributed by atoms with Crippen molar-refractivity contribution in [1.29, 1.82) is 0 Å². The van der Waals surface area contributed by atoms with E-state index >= 15 is 0 Å². The van der Waals surface area contributed by atoms with Gasteiger partial charge in [-0.1, -0.05) is 22.9 Å². The van der Waals surface area contributed by atoms with E-state index in [1.807, 2.05) is 45.0 Å². The molecule has 0 N–H and O–H groups in total. The summed E-state index contributed by atoms with van der Waals surface area (Å²) in [6.45, 7) is 10.5. The molecular formula is C21H26ClN5O2S. The van der Waals surface area contributed by atoms with Crippen LogP contribution in [0.25, 0.3) is 10.2 Å². The van der Waals surface area contributed by atoms with Crippen LogP contribution in [0.5, 0.6) is 0 Å². The van der Waals surface area contributed by atoms with Crippen molar-refractivity contribution < 1.29 is 9.53 Å². The second kappa shape index (κ2) is 9.01. The second-order valence-corrected chi connectivity index (χ2v) is 9.17. The van der Waals surface area contributed by atoms with Crippen molar-refractivity contribution in [2.75, 3.05) is 44.3 Å². The van der Waals surface area contributed by atoms with Crippen molar-refractivity contribution >= 4 is 44.2 Å². The fourth-order valence-electron chi connectivity index (χ4n) is 3.56. The Bertz CT molecular complexity index is 1040. The topological polar surface area (TPSA) is 63.5 Å². The largest absolute Gasteiger partial charge is 0.379 e. The van der Waals surface area contributed by atoms with Gasteiger partial charge in [0.2, 0.25) is 0 Å². The third-order valence-corrected chi connectivity index (χ3v) is 6.40. The van der Waals surface area contributed by atoms with E-state index in [0.717, 1.165) is 48.8 Å². The van der Waals surface area contributed by atoms with E-state index in [4.69, 9.17) is 21.3 Å². The van der Waals surface area contributed by atoms with Crippen LogP contribution < -0.4 is 4.90 Å². The number of hydrogen-bond donors (Lipinski definition) is 0. The van der Waals surface area contributed by atoms with Crippen LogP contribution in [0.15, 0.2) is 24.3 Å².